The number of hydrogen-bond donors (Lipinski definition) is 0. The third-order valence-electron chi connectivity index (χ3n) is 5.60. The predicted molar refractivity (Wildman–Crippen MR) is 128 cm³/mol. The Morgan fingerprint density at radius 3 is 2.60 bits per heavy atom. The molecule has 7 nitrogen and oxygen atoms in total. The maximum absolute atomic E-state index is 14.4. The van der Waals surface area contributed by atoms with Crippen LogP contribution in [-0.4, -0.2) is 10.5 Å². The molecule has 0 atom stereocenters. The predicted octanol–water partition coefficient (Wildman–Crippen LogP) is 5.46. The second kappa shape index (κ2) is 8.88. The molecule has 0 aliphatic carbocycles. The highest BCUT2D eigenvalue weighted by Crippen LogP contribution is 2.33. The van der Waals surface area contributed by atoms with E-state index in [0.717, 1.165) is 0 Å². The molecule has 9 heteroatoms. The Kier molecular flexibility index (Phi) is 5.74. The Bertz CT molecular complexity index is 1710. The molecule has 176 valence electrons. The summed E-state index contributed by atoms with van der Waals surface area (Å²) in [4.78, 5) is 37.6. The number of benzene rings is 3. The maximum atomic E-state index is 14.4. The zero-order valence-corrected chi connectivity index (χ0v) is 19.1. The molecule has 5 rings (SSSR count). The van der Waals surface area contributed by atoms with Gasteiger partial charge in [0.25, 0.3) is 0 Å². The van der Waals surface area contributed by atoms with Crippen molar-refractivity contribution in [3.63, 3.8) is 0 Å². The summed E-state index contributed by atoms with van der Waals surface area (Å²) in [5, 5.41) is 0.274. The maximum Gasteiger partial charge on any atom is 0.419 e. The van der Waals surface area contributed by atoms with E-state index in [1.165, 1.54) is 47.9 Å². The number of aryl methyl sites for hydroxylation is 2. The molecular formula is C26H17ClFNO6. The summed E-state index contributed by atoms with van der Waals surface area (Å²) < 4.78 is 32.1. The molecule has 0 fully saturated rings. The van der Waals surface area contributed by atoms with Crippen molar-refractivity contribution in [2.24, 2.45) is 0 Å². The molecule has 0 radical (unpaired) electrons. The quantitative estimate of drug-likeness (QED) is 0.238. The first kappa shape index (κ1) is 22.6. The van der Waals surface area contributed by atoms with Crippen molar-refractivity contribution in [2.45, 2.75) is 19.9 Å². The number of carbonyl (C=O) groups excluding carboxylic acids is 1. The van der Waals surface area contributed by atoms with Crippen LogP contribution < -0.4 is 15.9 Å². The van der Waals surface area contributed by atoms with E-state index in [-0.39, 0.29) is 51.6 Å². The van der Waals surface area contributed by atoms with Crippen molar-refractivity contribution in [2.75, 3.05) is 0 Å². The van der Waals surface area contributed by atoms with Gasteiger partial charge in [-0.05, 0) is 43.3 Å². The second-order valence-electron chi connectivity index (χ2n) is 7.83. The van der Waals surface area contributed by atoms with Crippen LogP contribution in [-0.2, 0) is 11.3 Å². The molecule has 2 aromatic heterocycles. The van der Waals surface area contributed by atoms with Gasteiger partial charge in [0.1, 0.15) is 22.9 Å². The molecule has 2 heterocycles. The topological polar surface area (TPSA) is 91.7 Å². The average Bonchev–Trinajstić information content (AvgIpc) is 3.14. The molecule has 0 saturated carbocycles. The lowest BCUT2D eigenvalue weighted by molar-refractivity contribution is -0.134. The summed E-state index contributed by atoms with van der Waals surface area (Å²) in [5.41, 5.74) is 0.731. The van der Waals surface area contributed by atoms with E-state index in [2.05, 4.69) is 0 Å². The number of rotatable bonds is 5. The Labute approximate surface area is 201 Å². The number of aromatic nitrogens is 1. The third kappa shape index (κ3) is 4.13. The Balaban J connectivity index is 1.40. The third-order valence-corrected chi connectivity index (χ3v) is 5.91. The minimum atomic E-state index is -0.637. The molecule has 0 spiro atoms. The van der Waals surface area contributed by atoms with Crippen LogP contribution in [0.5, 0.6) is 5.75 Å². The summed E-state index contributed by atoms with van der Waals surface area (Å²) >= 11 is 6.15. The van der Waals surface area contributed by atoms with E-state index < -0.39 is 23.0 Å². The molecule has 0 unspecified atom stereocenters. The lowest BCUT2D eigenvalue weighted by atomic mass is 10.0. The number of oxazole rings is 1. The van der Waals surface area contributed by atoms with Gasteiger partial charge in [0.2, 0.25) is 5.43 Å². The number of para-hydroxylation sites is 2. The second-order valence-corrected chi connectivity index (χ2v) is 8.24. The molecule has 3 aromatic carbocycles. The zero-order chi connectivity index (χ0) is 24.7. The monoisotopic (exact) mass is 493 g/mol. The van der Waals surface area contributed by atoms with Gasteiger partial charge in [0.05, 0.1) is 27.9 Å². The van der Waals surface area contributed by atoms with E-state index in [1.807, 2.05) is 0 Å². The minimum Gasteiger partial charge on any atom is -0.460 e. The van der Waals surface area contributed by atoms with Gasteiger partial charge in [-0.2, -0.15) is 0 Å². The summed E-state index contributed by atoms with van der Waals surface area (Å²) in [6.07, 6.45) is -0.0881. The van der Waals surface area contributed by atoms with Gasteiger partial charge >= 0.3 is 11.7 Å². The van der Waals surface area contributed by atoms with Gasteiger partial charge in [-0.1, -0.05) is 29.8 Å². The zero-order valence-electron chi connectivity index (χ0n) is 18.3. The standard InChI is InChI=1S/C26H17ClFNO6/c1-14-23(24-17(27)5-4-6-18(24)28)25(31)16-10-9-15(13-21(16)33-14)34-22(30)11-12-29-19-7-2-3-8-20(19)35-26(29)32/h2-10,13H,11-12H2,1H3. The van der Waals surface area contributed by atoms with Crippen LogP contribution in [0.2, 0.25) is 5.02 Å². The van der Waals surface area contributed by atoms with Gasteiger partial charge < -0.3 is 13.6 Å². The number of ether oxygens (including phenoxy) is 1. The molecule has 0 amide bonds. The largest absolute Gasteiger partial charge is 0.460 e. The van der Waals surface area contributed by atoms with Crippen LogP contribution in [0.15, 0.2) is 79.1 Å². The van der Waals surface area contributed by atoms with Crippen LogP contribution in [0, 0.1) is 12.7 Å². The Hall–Kier alpha value is -4.17. The van der Waals surface area contributed by atoms with Gasteiger partial charge in [-0.25, -0.2) is 9.18 Å². The van der Waals surface area contributed by atoms with Gasteiger partial charge in [-0.15, -0.1) is 0 Å². The highest BCUT2D eigenvalue weighted by atomic mass is 35.5. The van der Waals surface area contributed by atoms with Crippen LogP contribution in [0.3, 0.4) is 0 Å². The van der Waals surface area contributed by atoms with Crippen molar-refractivity contribution in [1.29, 1.82) is 0 Å². The molecule has 0 saturated heterocycles. The normalized spacial score (nSPS) is 11.3. The lowest BCUT2D eigenvalue weighted by Crippen LogP contribution is -2.18. The SMILES string of the molecule is Cc1oc2cc(OC(=O)CCn3c(=O)oc4ccccc43)ccc2c(=O)c1-c1c(F)cccc1Cl. The molecule has 0 N–H and O–H groups in total. The first-order valence-corrected chi connectivity index (χ1v) is 11.0. The highest BCUT2D eigenvalue weighted by Gasteiger charge is 2.20. The number of carbonyl (C=O) groups is 1. The molecular weight excluding hydrogens is 477 g/mol. The van der Waals surface area contributed by atoms with Crippen molar-refractivity contribution < 1.29 is 22.8 Å². The van der Waals surface area contributed by atoms with Gasteiger partial charge in [0.15, 0.2) is 5.58 Å². The van der Waals surface area contributed by atoms with E-state index in [0.29, 0.717) is 11.1 Å². The fraction of sp³-hybridized carbons (Fsp3) is 0.115. The van der Waals surface area contributed by atoms with Crippen molar-refractivity contribution in [3.05, 3.63) is 98.0 Å². The molecule has 5 aromatic rings. The number of halogens is 2. The summed E-state index contributed by atoms with van der Waals surface area (Å²) in [5.74, 6) is -1.46. The van der Waals surface area contributed by atoms with Crippen LogP contribution in [0.25, 0.3) is 33.2 Å². The van der Waals surface area contributed by atoms with Crippen molar-refractivity contribution in [3.8, 4) is 16.9 Å². The van der Waals surface area contributed by atoms with E-state index in [9.17, 15) is 18.8 Å². The number of hydrogen-bond acceptors (Lipinski definition) is 6. The number of fused-ring (bicyclic) bond motifs is 2. The van der Waals surface area contributed by atoms with Crippen molar-refractivity contribution in [1.82, 2.24) is 4.57 Å². The Morgan fingerprint density at radius 1 is 1.00 bits per heavy atom. The van der Waals surface area contributed by atoms with Crippen LogP contribution in [0.4, 0.5) is 4.39 Å². The number of nitrogens with zero attached hydrogens (tertiary/aromatic N) is 1. The summed E-state index contributed by atoms with van der Waals surface area (Å²) in [7, 11) is 0. The first-order chi connectivity index (χ1) is 16.8. The van der Waals surface area contributed by atoms with Gasteiger partial charge in [-0.3, -0.25) is 14.2 Å². The minimum absolute atomic E-state index is 0.0279. The molecule has 0 aliphatic heterocycles. The highest BCUT2D eigenvalue weighted by molar-refractivity contribution is 6.33. The smallest absolute Gasteiger partial charge is 0.419 e. The fourth-order valence-electron chi connectivity index (χ4n) is 3.99. The van der Waals surface area contributed by atoms with Crippen LogP contribution in [0.1, 0.15) is 12.2 Å². The molecule has 35 heavy (non-hydrogen) atoms. The molecule has 0 aliphatic rings. The average molecular weight is 494 g/mol. The summed E-state index contributed by atoms with van der Waals surface area (Å²) in [6, 6.07) is 15.4. The van der Waals surface area contributed by atoms with Gasteiger partial charge in [0, 0.05) is 18.2 Å². The van der Waals surface area contributed by atoms with E-state index in [4.69, 9.17) is 25.2 Å². The Morgan fingerprint density at radius 2 is 1.80 bits per heavy atom. The van der Waals surface area contributed by atoms with Crippen LogP contribution >= 0.6 is 11.6 Å². The van der Waals surface area contributed by atoms with Crippen molar-refractivity contribution >= 4 is 39.6 Å². The van der Waals surface area contributed by atoms with E-state index >= 15 is 0 Å². The lowest BCUT2D eigenvalue weighted by Gasteiger charge is -2.10. The first-order valence-electron chi connectivity index (χ1n) is 10.6. The fourth-order valence-corrected chi connectivity index (χ4v) is 4.24. The molecule has 0 bridgehead atoms. The van der Waals surface area contributed by atoms with E-state index in [1.54, 1.807) is 24.3 Å². The number of esters is 1. The summed E-state index contributed by atoms with van der Waals surface area (Å²) in [6.45, 7) is 1.60.